The molecule has 4 rings (SSSR count). The second-order valence-electron chi connectivity index (χ2n) is 7.15. The van der Waals surface area contributed by atoms with Gasteiger partial charge in [-0.3, -0.25) is 9.59 Å². The normalized spacial score (nSPS) is 18.7. The zero-order valence-electron chi connectivity index (χ0n) is 16.0. The van der Waals surface area contributed by atoms with Gasteiger partial charge in [0.05, 0.1) is 31.1 Å². The molecule has 2 aromatic rings. The molecule has 2 aliphatic heterocycles. The molecule has 1 aromatic carbocycles. The molecule has 0 bridgehead atoms. The summed E-state index contributed by atoms with van der Waals surface area (Å²) in [4.78, 5) is 34.3. The van der Waals surface area contributed by atoms with Gasteiger partial charge in [-0.2, -0.15) is 0 Å². The highest BCUT2D eigenvalue weighted by molar-refractivity contribution is 5.96. The Morgan fingerprint density at radius 3 is 2.86 bits per heavy atom. The van der Waals surface area contributed by atoms with E-state index in [1.54, 1.807) is 18.1 Å². The van der Waals surface area contributed by atoms with Crippen molar-refractivity contribution in [1.29, 1.82) is 0 Å². The van der Waals surface area contributed by atoms with Crippen LogP contribution in [0.25, 0.3) is 11.4 Å². The van der Waals surface area contributed by atoms with Crippen LogP contribution in [0.1, 0.15) is 22.5 Å². The van der Waals surface area contributed by atoms with Crippen LogP contribution in [-0.2, 0) is 9.53 Å². The minimum Gasteiger partial charge on any atom is -0.377 e. The third kappa shape index (κ3) is 4.05. The van der Waals surface area contributed by atoms with Crippen LogP contribution in [0.4, 0.5) is 5.69 Å². The van der Waals surface area contributed by atoms with Crippen LogP contribution in [0.2, 0.25) is 0 Å². The number of ether oxygens (including phenoxy) is 1. The Hall–Kier alpha value is -3.44. The Morgan fingerprint density at radius 2 is 2.21 bits per heavy atom. The SMILES string of the molecule is CN1CCC(C#Cc2cccc(-c3ncc(NC4COC4)c(C(N)=O)n3)c2)C1=O. The molecule has 1 aromatic heterocycles. The lowest BCUT2D eigenvalue weighted by Gasteiger charge is -2.28. The number of nitrogens with zero attached hydrogens (tertiary/aromatic N) is 3. The van der Waals surface area contributed by atoms with Gasteiger partial charge in [-0.1, -0.05) is 24.0 Å². The van der Waals surface area contributed by atoms with E-state index < -0.39 is 5.91 Å². The monoisotopic (exact) mass is 391 g/mol. The van der Waals surface area contributed by atoms with Crippen molar-refractivity contribution in [1.82, 2.24) is 14.9 Å². The number of amides is 2. The van der Waals surface area contributed by atoms with E-state index in [9.17, 15) is 9.59 Å². The second-order valence-corrected chi connectivity index (χ2v) is 7.15. The average molecular weight is 391 g/mol. The van der Waals surface area contributed by atoms with Crippen molar-refractivity contribution in [3.8, 4) is 23.2 Å². The van der Waals surface area contributed by atoms with E-state index in [1.165, 1.54) is 0 Å². The van der Waals surface area contributed by atoms with Crippen molar-refractivity contribution in [2.45, 2.75) is 12.5 Å². The van der Waals surface area contributed by atoms with Gasteiger partial charge in [0, 0.05) is 24.7 Å². The number of nitrogens with one attached hydrogen (secondary N) is 1. The topological polar surface area (TPSA) is 110 Å². The molecule has 2 aliphatic rings. The maximum atomic E-state index is 12.0. The zero-order chi connectivity index (χ0) is 20.4. The molecule has 3 heterocycles. The van der Waals surface area contributed by atoms with Crippen molar-refractivity contribution < 1.29 is 14.3 Å². The predicted octanol–water partition coefficient (Wildman–Crippen LogP) is 0.883. The zero-order valence-corrected chi connectivity index (χ0v) is 16.0. The van der Waals surface area contributed by atoms with Gasteiger partial charge < -0.3 is 20.7 Å². The third-order valence-electron chi connectivity index (χ3n) is 4.96. The molecule has 1 unspecified atom stereocenters. The highest BCUT2D eigenvalue weighted by Gasteiger charge is 2.27. The summed E-state index contributed by atoms with van der Waals surface area (Å²) in [5.74, 6) is 5.67. The summed E-state index contributed by atoms with van der Waals surface area (Å²) >= 11 is 0. The first-order valence-corrected chi connectivity index (χ1v) is 9.39. The Bertz CT molecular complexity index is 1020. The molecular weight excluding hydrogens is 370 g/mol. The summed E-state index contributed by atoms with van der Waals surface area (Å²) in [6, 6.07) is 7.50. The van der Waals surface area contributed by atoms with E-state index >= 15 is 0 Å². The van der Waals surface area contributed by atoms with Crippen molar-refractivity contribution in [3.05, 3.63) is 41.7 Å². The number of benzene rings is 1. The Labute approximate surface area is 168 Å². The Kier molecular flexibility index (Phi) is 5.14. The molecule has 148 valence electrons. The van der Waals surface area contributed by atoms with Crippen LogP contribution < -0.4 is 11.1 Å². The molecular formula is C21H21N5O3. The van der Waals surface area contributed by atoms with E-state index in [0.717, 1.165) is 18.5 Å². The summed E-state index contributed by atoms with van der Waals surface area (Å²) in [6.45, 7) is 1.87. The first-order chi connectivity index (χ1) is 14.0. The van der Waals surface area contributed by atoms with E-state index in [-0.39, 0.29) is 23.6 Å². The van der Waals surface area contributed by atoms with Crippen molar-refractivity contribution in [2.24, 2.45) is 11.7 Å². The van der Waals surface area contributed by atoms with Crippen LogP contribution in [0.15, 0.2) is 30.5 Å². The van der Waals surface area contributed by atoms with Gasteiger partial charge >= 0.3 is 0 Å². The number of hydrogen-bond donors (Lipinski definition) is 2. The molecule has 0 radical (unpaired) electrons. The molecule has 2 fully saturated rings. The minimum absolute atomic E-state index is 0.0584. The first kappa shape index (κ1) is 18.9. The fraction of sp³-hybridized carbons (Fsp3) is 0.333. The predicted molar refractivity (Wildman–Crippen MR) is 107 cm³/mol. The van der Waals surface area contributed by atoms with Gasteiger partial charge in [0.15, 0.2) is 11.5 Å². The van der Waals surface area contributed by atoms with E-state index in [1.807, 2.05) is 24.3 Å². The van der Waals surface area contributed by atoms with Gasteiger partial charge in [0.2, 0.25) is 5.91 Å². The molecule has 29 heavy (non-hydrogen) atoms. The van der Waals surface area contributed by atoms with Crippen molar-refractivity contribution in [2.75, 3.05) is 32.1 Å². The van der Waals surface area contributed by atoms with Gasteiger partial charge in [-0.25, -0.2) is 9.97 Å². The first-order valence-electron chi connectivity index (χ1n) is 9.39. The maximum absolute atomic E-state index is 12.0. The second kappa shape index (κ2) is 7.89. The number of carbonyl (C=O) groups is 2. The smallest absolute Gasteiger partial charge is 0.269 e. The maximum Gasteiger partial charge on any atom is 0.269 e. The standard InChI is InChI=1S/C21H21N5O3/c1-26-8-7-14(21(26)28)6-5-13-3-2-4-15(9-13)20-23-10-17(18(25-20)19(22)27)24-16-11-29-12-16/h2-4,9-10,14,16,24H,7-8,11-12H2,1H3,(H2,22,27). The fourth-order valence-corrected chi connectivity index (χ4v) is 3.22. The number of aromatic nitrogens is 2. The highest BCUT2D eigenvalue weighted by Crippen LogP contribution is 2.22. The molecule has 2 amide bonds. The molecule has 0 aliphatic carbocycles. The largest absolute Gasteiger partial charge is 0.377 e. The summed E-state index contributed by atoms with van der Waals surface area (Å²) in [7, 11) is 1.79. The van der Waals surface area contributed by atoms with Crippen LogP contribution in [-0.4, -0.2) is 59.5 Å². The minimum atomic E-state index is -0.629. The summed E-state index contributed by atoms with van der Waals surface area (Å²) < 4.78 is 5.13. The average Bonchev–Trinajstić information content (AvgIpc) is 3.01. The van der Waals surface area contributed by atoms with Gasteiger partial charge in [0.1, 0.15) is 5.92 Å². The molecule has 8 heteroatoms. The highest BCUT2D eigenvalue weighted by atomic mass is 16.5. The van der Waals surface area contributed by atoms with Crippen molar-refractivity contribution >= 4 is 17.5 Å². The Balaban J connectivity index is 1.58. The quantitative estimate of drug-likeness (QED) is 0.749. The Morgan fingerprint density at radius 1 is 1.38 bits per heavy atom. The van der Waals surface area contributed by atoms with Crippen molar-refractivity contribution in [3.63, 3.8) is 0 Å². The summed E-state index contributed by atoms with van der Waals surface area (Å²) in [5.41, 5.74) is 7.61. The summed E-state index contributed by atoms with van der Waals surface area (Å²) in [5, 5.41) is 3.17. The number of likely N-dealkylation sites (tertiary alicyclic amines) is 1. The summed E-state index contributed by atoms with van der Waals surface area (Å²) in [6.07, 6.45) is 2.31. The molecule has 8 nitrogen and oxygen atoms in total. The van der Waals surface area contributed by atoms with E-state index in [2.05, 4.69) is 27.1 Å². The molecule has 1 atom stereocenters. The van der Waals surface area contributed by atoms with Gasteiger partial charge in [-0.15, -0.1) is 0 Å². The molecule has 0 spiro atoms. The molecule has 3 N–H and O–H groups in total. The number of carbonyl (C=O) groups excluding carboxylic acids is 2. The van der Waals surface area contributed by atoms with Crippen LogP contribution in [0, 0.1) is 17.8 Å². The lowest BCUT2D eigenvalue weighted by molar-refractivity contribution is -0.128. The van der Waals surface area contributed by atoms with Crippen LogP contribution in [0.3, 0.4) is 0 Å². The van der Waals surface area contributed by atoms with E-state index in [4.69, 9.17) is 10.5 Å². The number of rotatable bonds is 4. The lowest BCUT2D eigenvalue weighted by Crippen LogP contribution is -2.41. The molecule has 2 saturated heterocycles. The number of primary amides is 1. The van der Waals surface area contributed by atoms with Gasteiger partial charge in [-0.05, 0) is 18.6 Å². The van der Waals surface area contributed by atoms with Crippen LogP contribution in [0.5, 0.6) is 0 Å². The number of hydrogen-bond acceptors (Lipinski definition) is 6. The third-order valence-corrected chi connectivity index (χ3v) is 4.96. The number of anilines is 1. The van der Waals surface area contributed by atoms with Crippen LogP contribution >= 0.6 is 0 Å². The lowest BCUT2D eigenvalue weighted by atomic mass is 10.1. The van der Waals surface area contributed by atoms with E-state index in [0.29, 0.717) is 30.3 Å². The van der Waals surface area contributed by atoms with Gasteiger partial charge in [0.25, 0.3) is 5.91 Å². The molecule has 0 saturated carbocycles. The number of nitrogens with two attached hydrogens (primary N) is 1. The fourth-order valence-electron chi connectivity index (χ4n) is 3.22.